The zero-order chi connectivity index (χ0) is 17.2. The molecule has 0 amide bonds. The summed E-state index contributed by atoms with van der Waals surface area (Å²) in [4.78, 5) is 7.02. The van der Waals surface area contributed by atoms with Crippen molar-refractivity contribution >= 4 is 41.3 Å². The number of para-hydroxylation sites is 1. The van der Waals surface area contributed by atoms with Crippen LogP contribution >= 0.6 is 35.3 Å². The summed E-state index contributed by atoms with van der Waals surface area (Å²) >= 11 is 1.81. The third kappa shape index (κ3) is 5.10. The van der Waals surface area contributed by atoms with Crippen LogP contribution in [0.4, 0.5) is 0 Å². The van der Waals surface area contributed by atoms with Crippen LogP contribution in [0.3, 0.4) is 0 Å². The summed E-state index contributed by atoms with van der Waals surface area (Å²) < 4.78 is 6.10. The van der Waals surface area contributed by atoms with E-state index in [0.717, 1.165) is 24.7 Å². The highest BCUT2D eigenvalue weighted by atomic mass is 127. The fourth-order valence-corrected chi connectivity index (χ4v) is 3.87. The van der Waals surface area contributed by atoms with Gasteiger partial charge in [0.15, 0.2) is 5.96 Å². The number of hydrogen-bond donors (Lipinski definition) is 2. The van der Waals surface area contributed by atoms with E-state index < -0.39 is 0 Å². The topological polar surface area (TPSA) is 45.7 Å². The first-order chi connectivity index (χ1) is 11.5. The van der Waals surface area contributed by atoms with Gasteiger partial charge < -0.3 is 15.4 Å². The highest BCUT2D eigenvalue weighted by Crippen LogP contribution is 2.39. The molecule has 1 aromatic carbocycles. The summed E-state index contributed by atoms with van der Waals surface area (Å²) in [6, 6.07) is 12.7. The predicted molar refractivity (Wildman–Crippen MR) is 116 cm³/mol. The zero-order valence-corrected chi connectivity index (χ0v) is 18.3. The average Bonchev–Trinajstić information content (AvgIpc) is 2.95. The first kappa shape index (κ1) is 20.0. The summed E-state index contributed by atoms with van der Waals surface area (Å²) in [6.07, 6.45) is 0.892. The van der Waals surface area contributed by atoms with Gasteiger partial charge in [-0.25, -0.2) is 0 Å². The van der Waals surface area contributed by atoms with Gasteiger partial charge in [-0.1, -0.05) is 18.2 Å². The van der Waals surface area contributed by atoms with E-state index in [0.29, 0.717) is 0 Å². The first-order valence-electron chi connectivity index (χ1n) is 8.27. The van der Waals surface area contributed by atoms with Crippen molar-refractivity contribution in [1.29, 1.82) is 0 Å². The lowest BCUT2D eigenvalue weighted by Gasteiger charge is -2.38. The number of fused-ring (bicyclic) bond motifs is 1. The Kier molecular flexibility index (Phi) is 6.73. The number of aliphatic imine (C=N–C) groups is 1. The maximum Gasteiger partial charge on any atom is 0.191 e. The smallest absolute Gasteiger partial charge is 0.191 e. The number of halogens is 1. The van der Waals surface area contributed by atoms with E-state index in [1.807, 2.05) is 30.5 Å². The van der Waals surface area contributed by atoms with Crippen LogP contribution < -0.4 is 15.4 Å². The van der Waals surface area contributed by atoms with Gasteiger partial charge in [0.1, 0.15) is 11.4 Å². The standard InChI is InChI=1S/C19H25N3OS.HI/c1-13-9-10-14(24-13)12-21-18(20-4)22-16-11-19(2,3)23-17-8-6-5-7-15(16)17;/h5-10,16H,11-12H2,1-4H3,(H2,20,21,22);1H. The Balaban J connectivity index is 0.00000225. The van der Waals surface area contributed by atoms with Gasteiger partial charge in [-0.15, -0.1) is 35.3 Å². The number of nitrogens with one attached hydrogen (secondary N) is 2. The lowest BCUT2D eigenvalue weighted by molar-refractivity contribution is 0.0694. The van der Waals surface area contributed by atoms with E-state index in [1.165, 1.54) is 15.3 Å². The summed E-state index contributed by atoms with van der Waals surface area (Å²) in [7, 11) is 1.81. The van der Waals surface area contributed by atoms with Crippen LogP contribution in [0, 0.1) is 6.92 Å². The molecule has 136 valence electrons. The fraction of sp³-hybridized carbons (Fsp3) is 0.421. The van der Waals surface area contributed by atoms with Crippen molar-refractivity contribution in [1.82, 2.24) is 10.6 Å². The number of nitrogens with zero attached hydrogens (tertiary/aromatic N) is 1. The van der Waals surface area contributed by atoms with Crippen LogP contribution in [0.2, 0.25) is 0 Å². The van der Waals surface area contributed by atoms with Crippen LogP contribution in [0.15, 0.2) is 41.4 Å². The lowest BCUT2D eigenvalue weighted by atomic mass is 9.90. The molecule has 2 heterocycles. The van der Waals surface area contributed by atoms with Crippen molar-refractivity contribution in [2.45, 2.75) is 45.4 Å². The van der Waals surface area contributed by atoms with Crippen molar-refractivity contribution in [3.8, 4) is 5.75 Å². The Morgan fingerprint density at radius 2 is 2.04 bits per heavy atom. The lowest BCUT2D eigenvalue weighted by Crippen LogP contribution is -2.45. The molecule has 25 heavy (non-hydrogen) atoms. The third-order valence-corrected chi connectivity index (χ3v) is 5.14. The highest BCUT2D eigenvalue weighted by Gasteiger charge is 2.33. The monoisotopic (exact) mass is 471 g/mol. The van der Waals surface area contributed by atoms with Crippen LogP contribution in [0.25, 0.3) is 0 Å². The van der Waals surface area contributed by atoms with Gasteiger partial charge in [0.25, 0.3) is 0 Å². The SMILES string of the molecule is CN=C(NCc1ccc(C)s1)NC1CC(C)(C)Oc2ccccc21.I. The number of benzene rings is 1. The molecule has 3 rings (SSSR count). The van der Waals surface area contributed by atoms with Gasteiger partial charge in [0.2, 0.25) is 0 Å². The number of rotatable bonds is 3. The van der Waals surface area contributed by atoms with Gasteiger partial charge >= 0.3 is 0 Å². The van der Waals surface area contributed by atoms with Crippen molar-refractivity contribution in [3.63, 3.8) is 0 Å². The third-order valence-electron chi connectivity index (χ3n) is 4.14. The molecule has 2 N–H and O–H groups in total. The van der Waals surface area contributed by atoms with Crippen LogP contribution in [-0.4, -0.2) is 18.6 Å². The van der Waals surface area contributed by atoms with Crippen LogP contribution in [0.5, 0.6) is 5.75 Å². The van der Waals surface area contributed by atoms with Crippen molar-refractivity contribution in [3.05, 3.63) is 51.7 Å². The van der Waals surface area contributed by atoms with E-state index >= 15 is 0 Å². The fourth-order valence-electron chi connectivity index (χ4n) is 3.04. The maximum absolute atomic E-state index is 6.10. The number of ether oxygens (including phenoxy) is 1. The van der Waals surface area contributed by atoms with Crippen LogP contribution in [-0.2, 0) is 6.54 Å². The van der Waals surface area contributed by atoms with E-state index in [1.54, 1.807) is 0 Å². The second-order valence-electron chi connectivity index (χ2n) is 6.74. The molecular weight excluding hydrogens is 445 g/mol. The Hall–Kier alpha value is -1.28. The van der Waals surface area contributed by atoms with Gasteiger partial charge in [-0.3, -0.25) is 4.99 Å². The summed E-state index contributed by atoms with van der Waals surface area (Å²) in [5, 5.41) is 6.97. The second kappa shape index (κ2) is 8.40. The molecule has 1 atom stereocenters. The number of hydrogen-bond acceptors (Lipinski definition) is 3. The minimum Gasteiger partial charge on any atom is -0.487 e. The Bertz CT molecular complexity index is 742. The number of aryl methyl sites for hydroxylation is 1. The summed E-state index contributed by atoms with van der Waals surface area (Å²) in [5.41, 5.74) is 0.988. The Morgan fingerprint density at radius 3 is 2.72 bits per heavy atom. The van der Waals surface area contributed by atoms with Gasteiger partial charge in [-0.05, 0) is 39.0 Å². The average molecular weight is 471 g/mol. The molecule has 6 heteroatoms. The quantitative estimate of drug-likeness (QED) is 0.390. The molecular formula is C19H26IN3OS. The summed E-state index contributed by atoms with van der Waals surface area (Å²) in [6.45, 7) is 7.17. The molecule has 0 aliphatic carbocycles. The molecule has 2 aromatic rings. The molecule has 1 aliphatic heterocycles. The second-order valence-corrected chi connectivity index (χ2v) is 8.11. The van der Waals surface area contributed by atoms with E-state index in [9.17, 15) is 0 Å². The molecule has 0 saturated heterocycles. The van der Waals surface area contributed by atoms with E-state index in [2.05, 4.69) is 60.7 Å². The zero-order valence-electron chi connectivity index (χ0n) is 15.1. The molecule has 4 nitrogen and oxygen atoms in total. The Morgan fingerprint density at radius 1 is 1.28 bits per heavy atom. The molecule has 0 fully saturated rings. The van der Waals surface area contributed by atoms with Gasteiger partial charge in [0, 0.05) is 28.8 Å². The number of thiophene rings is 1. The Labute approximate surface area is 171 Å². The van der Waals surface area contributed by atoms with E-state index in [4.69, 9.17) is 4.74 Å². The molecule has 0 radical (unpaired) electrons. The number of guanidine groups is 1. The maximum atomic E-state index is 6.10. The highest BCUT2D eigenvalue weighted by molar-refractivity contribution is 14.0. The molecule has 0 bridgehead atoms. The molecule has 0 spiro atoms. The minimum atomic E-state index is -0.199. The molecule has 1 aliphatic rings. The van der Waals surface area contributed by atoms with Crippen LogP contribution in [0.1, 0.15) is 41.6 Å². The summed E-state index contributed by atoms with van der Waals surface area (Å²) in [5.74, 6) is 1.77. The molecule has 0 saturated carbocycles. The van der Waals surface area contributed by atoms with Crippen molar-refractivity contribution in [2.75, 3.05) is 7.05 Å². The van der Waals surface area contributed by atoms with E-state index in [-0.39, 0.29) is 35.6 Å². The first-order valence-corrected chi connectivity index (χ1v) is 9.09. The normalized spacial score (nSPS) is 18.6. The van der Waals surface area contributed by atoms with Crippen molar-refractivity contribution < 1.29 is 4.74 Å². The largest absolute Gasteiger partial charge is 0.487 e. The minimum absolute atomic E-state index is 0. The molecule has 1 unspecified atom stereocenters. The van der Waals surface area contributed by atoms with Crippen molar-refractivity contribution in [2.24, 2.45) is 4.99 Å². The van der Waals surface area contributed by atoms with Gasteiger partial charge in [0.05, 0.1) is 12.6 Å². The molecule has 1 aromatic heterocycles. The predicted octanol–water partition coefficient (Wildman–Crippen LogP) is 4.64. The van der Waals surface area contributed by atoms with Gasteiger partial charge in [-0.2, -0.15) is 0 Å².